The maximum atomic E-state index is 2.40. The van der Waals surface area contributed by atoms with E-state index in [1.807, 2.05) is 0 Å². The van der Waals surface area contributed by atoms with Crippen LogP contribution in [0.5, 0.6) is 0 Å². The molecule has 0 unspecified atom stereocenters. The summed E-state index contributed by atoms with van der Waals surface area (Å²) in [5.74, 6) is 0.759. The van der Waals surface area contributed by atoms with Crippen molar-refractivity contribution in [2.75, 3.05) is 39.1 Å². The molecule has 1 aliphatic rings. The van der Waals surface area contributed by atoms with Crippen molar-refractivity contribution in [1.82, 2.24) is 4.90 Å². The molecule has 0 N–H and O–H groups in total. The van der Waals surface area contributed by atoms with Gasteiger partial charge in [0.1, 0.15) is 0 Å². The van der Waals surface area contributed by atoms with Gasteiger partial charge in [0.05, 0.1) is 0 Å². The fraction of sp³-hybridized carbons (Fsp3) is 0.571. The first-order chi connectivity index (χ1) is 7.56. The third-order valence-corrected chi connectivity index (χ3v) is 3.31. The van der Waals surface area contributed by atoms with E-state index < -0.39 is 0 Å². The molecule has 16 heavy (non-hydrogen) atoms. The zero-order valence-electron chi connectivity index (χ0n) is 10.8. The highest BCUT2D eigenvalue weighted by molar-refractivity contribution is 5.56. The summed E-state index contributed by atoms with van der Waals surface area (Å²) >= 11 is 0. The van der Waals surface area contributed by atoms with Gasteiger partial charge in [-0.05, 0) is 45.0 Å². The van der Waals surface area contributed by atoms with Crippen molar-refractivity contribution < 1.29 is 0 Å². The summed E-state index contributed by atoms with van der Waals surface area (Å²) in [5, 5.41) is 0. The van der Waals surface area contributed by atoms with E-state index in [2.05, 4.69) is 56.1 Å². The fourth-order valence-electron chi connectivity index (χ4n) is 2.75. The predicted octanol–water partition coefficient (Wildman–Crippen LogP) is 2.17. The standard InChI is InChI=1S/C14H22N2/c1-11-5-6-14-13(7-11)8-12(9-15(2)3)10-16(14)4/h5-7,12H,8-10H2,1-4H3/t12-/m1/s1. The highest BCUT2D eigenvalue weighted by Crippen LogP contribution is 2.29. The molecule has 0 bridgehead atoms. The largest absolute Gasteiger partial charge is 0.374 e. The predicted molar refractivity (Wildman–Crippen MR) is 70.2 cm³/mol. The lowest BCUT2D eigenvalue weighted by atomic mass is 9.91. The van der Waals surface area contributed by atoms with Gasteiger partial charge in [0.2, 0.25) is 0 Å². The first-order valence-corrected chi connectivity index (χ1v) is 6.01. The SMILES string of the molecule is Cc1ccc2c(c1)C[C@H](CN(C)C)CN2C. The van der Waals surface area contributed by atoms with Crippen LogP contribution in [0.1, 0.15) is 11.1 Å². The molecule has 0 spiro atoms. The van der Waals surface area contributed by atoms with Crippen LogP contribution >= 0.6 is 0 Å². The lowest BCUT2D eigenvalue weighted by Gasteiger charge is -2.34. The van der Waals surface area contributed by atoms with E-state index in [0.717, 1.165) is 5.92 Å². The molecule has 0 saturated heterocycles. The number of fused-ring (bicyclic) bond motifs is 1. The van der Waals surface area contributed by atoms with Crippen LogP contribution in [-0.2, 0) is 6.42 Å². The van der Waals surface area contributed by atoms with Crippen LogP contribution in [-0.4, -0.2) is 39.1 Å². The van der Waals surface area contributed by atoms with Gasteiger partial charge in [-0.2, -0.15) is 0 Å². The van der Waals surface area contributed by atoms with Gasteiger partial charge < -0.3 is 9.80 Å². The molecule has 0 aliphatic carbocycles. The molecule has 0 radical (unpaired) electrons. The van der Waals surface area contributed by atoms with E-state index in [0.29, 0.717) is 0 Å². The lowest BCUT2D eigenvalue weighted by Crippen LogP contribution is -2.37. The van der Waals surface area contributed by atoms with E-state index in [1.165, 1.54) is 36.3 Å². The molecule has 1 atom stereocenters. The molecule has 0 saturated carbocycles. The number of nitrogens with zero attached hydrogens (tertiary/aromatic N) is 2. The molecule has 2 nitrogen and oxygen atoms in total. The van der Waals surface area contributed by atoms with E-state index in [4.69, 9.17) is 0 Å². The number of benzene rings is 1. The van der Waals surface area contributed by atoms with Crippen molar-refractivity contribution in [1.29, 1.82) is 0 Å². The summed E-state index contributed by atoms with van der Waals surface area (Å²) < 4.78 is 0. The zero-order valence-corrected chi connectivity index (χ0v) is 10.8. The van der Waals surface area contributed by atoms with Crippen molar-refractivity contribution in [2.45, 2.75) is 13.3 Å². The van der Waals surface area contributed by atoms with E-state index in [9.17, 15) is 0 Å². The Morgan fingerprint density at radius 2 is 2.12 bits per heavy atom. The Kier molecular flexibility index (Phi) is 3.20. The second-order valence-corrected chi connectivity index (χ2v) is 5.35. The van der Waals surface area contributed by atoms with Crippen LogP contribution < -0.4 is 4.90 Å². The summed E-state index contributed by atoms with van der Waals surface area (Å²) in [4.78, 5) is 4.69. The highest BCUT2D eigenvalue weighted by atomic mass is 15.1. The maximum Gasteiger partial charge on any atom is 0.0396 e. The number of hydrogen-bond acceptors (Lipinski definition) is 2. The van der Waals surface area contributed by atoms with Gasteiger partial charge in [-0.1, -0.05) is 17.7 Å². The van der Waals surface area contributed by atoms with Crippen LogP contribution in [0.4, 0.5) is 5.69 Å². The minimum Gasteiger partial charge on any atom is -0.374 e. The summed E-state index contributed by atoms with van der Waals surface area (Å²) in [6.45, 7) is 4.53. The molecule has 2 rings (SSSR count). The van der Waals surface area contributed by atoms with Gasteiger partial charge >= 0.3 is 0 Å². The van der Waals surface area contributed by atoms with Crippen LogP contribution in [0.15, 0.2) is 18.2 Å². The molecule has 1 aromatic rings. The third kappa shape index (κ3) is 2.38. The van der Waals surface area contributed by atoms with Gasteiger partial charge in [-0.15, -0.1) is 0 Å². The smallest absolute Gasteiger partial charge is 0.0396 e. The summed E-state index contributed by atoms with van der Waals surface area (Å²) in [6.07, 6.45) is 1.22. The molecule has 1 aliphatic heterocycles. The molecule has 1 heterocycles. The minimum atomic E-state index is 0.759. The first kappa shape index (κ1) is 11.5. The van der Waals surface area contributed by atoms with E-state index in [-0.39, 0.29) is 0 Å². The Bertz CT molecular complexity index is 371. The Labute approximate surface area is 98.9 Å². The minimum absolute atomic E-state index is 0.759. The maximum absolute atomic E-state index is 2.40. The molecule has 0 fully saturated rings. The van der Waals surface area contributed by atoms with Gasteiger partial charge in [-0.3, -0.25) is 0 Å². The first-order valence-electron chi connectivity index (χ1n) is 6.01. The van der Waals surface area contributed by atoms with E-state index >= 15 is 0 Å². The Hall–Kier alpha value is -1.02. The van der Waals surface area contributed by atoms with Crippen molar-refractivity contribution in [3.63, 3.8) is 0 Å². The molecular formula is C14H22N2. The van der Waals surface area contributed by atoms with Crippen molar-refractivity contribution >= 4 is 5.69 Å². The third-order valence-electron chi connectivity index (χ3n) is 3.31. The average Bonchev–Trinajstić information content (AvgIpc) is 2.15. The van der Waals surface area contributed by atoms with Gasteiger partial charge in [0, 0.05) is 25.8 Å². The van der Waals surface area contributed by atoms with E-state index in [1.54, 1.807) is 0 Å². The number of hydrogen-bond donors (Lipinski definition) is 0. The normalized spacial score (nSPS) is 20.1. The van der Waals surface area contributed by atoms with Crippen LogP contribution in [0.25, 0.3) is 0 Å². The number of rotatable bonds is 2. The molecular weight excluding hydrogens is 196 g/mol. The van der Waals surface area contributed by atoms with Crippen LogP contribution in [0.2, 0.25) is 0 Å². The topological polar surface area (TPSA) is 6.48 Å². The quantitative estimate of drug-likeness (QED) is 0.750. The van der Waals surface area contributed by atoms with Crippen molar-refractivity contribution in [2.24, 2.45) is 5.92 Å². The second kappa shape index (κ2) is 4.46. The Morgan fingerprint density at radius 3 is 2.81 bits per heavy atom. The molecule has 2 heteroatoms. The van der Waals surface area contributed by atoms with Gasteiger partial charge in [0.25, 0.3) is 0 Å². The summed E-state index contributed by atoms with van der Waals surface area (Å²) in [7, 11) is 6.52. The van der Waals surface area contributed by atoms with Crippen molar-refractivity contribution in [3.8, 4) is 0 Å². The molecule has 0 aromatic heterocycles. The molecule has 88 valence electrons. The Balaban J connectivity index is 2.20. The average molecular weight is 218 g/mol. The number of aryl methyl sites for hydroxylation is 1. The Morgan fingerprint density at radius 1 is 1.38 bits per heavy atom. The second-order valence-electron chi connectivity index (χ2n) is 5.35. The fourth-order valence-corrected chi connectivity index (χ4v) is 2.75. The van der Waals surface area contributed by atoms with Gasteiger partial charge in [0.15, 0.2) is 0 Å². The van der Waals surface area contributed by atoms with Crippen LogP contribution in [0.3, 0.4) is 0 Å². The summed E-state index contributed by atoms with van der Waals surface area (Å²) in [6, 6.07) is 6.81. The lowest BCUT2D eigenvalue weighted by molar-refractivity contribution is 0.320. The molecule has 1 aromatic carbocycles. The van der Waals surface area contributed by atoms with Gasteiger partial charge in [-0.25, -0.2) is 0 Å². The van der Waals surface area contributed by atoms with Crippen molar-refractivity contribution in [3.05, 3.63) is 29.3 Å². The number of anilines is 1. The molecule has 0 amide bonds. The summed E-state index contributed by atoms with van der Waals surface area (Å²) in [5.41, 5.74) is 4.30. The zero-order chi connectivity index (χ0) is 11.7. The monoisotopic (exact) mass is 218 g/mol. The van der Waals surface area contributed by atoms with Crippen LogP contribution in [0, 0.1) is 12.8 Å². The highest BCUT2D eigenvalue weighted by Gasteiger charge is 2.22.